The molecular weight excluding hydrogens is 560 g/mol. The minimum absolute atomic E-state index is 0.0163. The highest BCUT2D eigenvalue weighted by Gasteiger charge is 2.78. The van der Waals surface area contributed by atoms with Crippen LogP contribution in [-0.4, -0.2) is 96.0 Å². The predicted octanol–water partition coefficient (Wildman–Crippen LogP) is 3.22. The van der Waals surface area contributed by atoms with Gasteiger partial charge in [-0.2, -0.15) is 0 Å². The molecule has 2 aliphatic carbocycles. The highest BCUT2D eigenvalue weighted by molar-refractivity contribution is 5.73. The number of fused-ring (bicyclic) bond motifs is 14. The average Bonchev–Trinajstić information content (AvgIpc) is 3.81. The van der Waals surface area contributed by atoms with Crippen molar-refractivity contribution in [2.75, 3.05) is 49.2 Å². The van der Waals surface area contributed by atoms with Crippen LogP contribution in [0.15, 0.2) is 71.8 Å². The minimum atomic E-state index is 0.0163. The Morgan fingerprint density at radius 3 is 1.62 bits per heavy atom. The maximum absolute atomic E-state index is 10.3. The van der Waals surface area contributed by atoms with E-state index in [0.717, 1.165) is 39.0 Å². The first-order valence-corrected chi connectivity index (χ1v) is 17.7. The van der Waals surface area contributed by atoms with E-state index in [4.69, 9.17) is 4.74 Å². The lowest BCUT2D eigenvalue weighted by atomic mass is 9.51. The van der Waals surface area contributed by atoms with Crippen molar-refractivity contribution >= 4 is 11.4 Å². The highest BCUT2D eigenvalue weighted by Crippen LogP contribution is 2.72. The Morgan fingerprint density at radius 2 is 1.16 bits per heavy atom. The molecule has 12 rings (SSSR count). The first kappa shape index (κ1) is 25.4. The molecule has 8 aliphatic heterocycles. The summed E-state index contributed by atoms with van der Waals surface area (Å²) in [5.74, 6) is 1.48. The number of rotatable bonds is 2. The lowest BCUT2D eigenvalue weighted by Gasteiger charge is -2.69. The molecule has 2 aromatic carbocycles. The van der Waals surface area contributed by atoms with Gasteiger partial charge >= 0.3 is 0 Å². The lowest BCUT2D eigenvalue weighted by molar-refractivity contribution is -0.198. The van der Waals surface area contributed by atoms with E-state index in [-0.39, 0.29) is 36.5 Å². The van der Waals surface area contributed by atoms with Crippen LogP contribution in [0.2, 0.25) is 0 Å². The Morgan fingerprint density at radius 1 is 0.689 bits per heavy atom. The zero-order valence-corrected chi connectivity index (χ0v) is 25.7. The van der Waals surface area contributed by atoms with Gasteiger partial charge in [-0.3, -0.25) is 9.80 Å². The lowest BCUT2D eigenvalue weighted by Crippen LogP contribution is -2.81. The second kappa shape index (κ2) is 8.23. The number of aliphatic hydroxyl groups excluding tert-OH is 2. The number of hydrogen-bond donors (Lipinski definition) is 2. The summed E-state index contributed by atoms with van der Waals surface area (Å²) in [7, 11) is 0. The third-order valence-corrected chi connectivity index (χ3v) is 15.2. The molecule has 0 amide bonds. The molecule has 2 spiro atoms. The molecule has 8 fully saturated rings. The van der Waals surface area contributed by atoms with Gasteiger partial charge in [0.2, 0.25) is 0 Å². The molecule has 7 heteroatoms. The summed E-state index contributed by atoms with van der Waals surface area (Å²) >= 11 is 0. The van der Waals surface area contributed by atoms with Crippen LogP contribution in [0.5, 0.6) is 0 Å². The van der Waals surface area contributed by atoms with Gasteiger partial charge in [0.05, 0.1) is 25.3 Å². The van der Waals surface area contributed by atoms with Gasteiger partial charge in [0.15, 0.2) is 0 Å². The smallest absolute Gasteiger partial charge is 0.138 e. The normalized spacial score (nSPS) is 48.9. The van der Waals surface area contributed by atoms with Gasteiger partial charge in [-0.05, 0) is 73.9 Å². The third kappa shape index (κ3) is 2.58. The van der Waals surface area contributed by atoms with Gasteiger partial charge in [0, 0.05) is 59.2 Å². The fourth-order valence-corrected chi connectivity index (χ4v) is 14.3. The van der Waals surface area contributed by atoms with E-state index in [2.05, 4.69) is 80.3 Å². The zero-order chi connectivity index (χ0) is 29.4. The number of aliphatic hydroxyl groups is 2. The van der Waals surface area contributed by atoms with Crippen molar-refractivity contribution in [1.82, 2.24) is 9.80 Å². The van der Waals surface area contributed by atoms with E-state index in [9.17, 15) is 10.2 Å². The van der Waals surface area contributed by atoms with Crippen LogP contribution >= 0.6 is 0 Å². The monoisotopic (exact) mass is 602 g/mol. The number of anilines is 2. The number of para-hydroxylation sites is 2. The van der Waals surface area contributed by atoms with E-state index < -0.39 is 0 Å². The second-order valence-electron chi connectivity index (χ2n) is 16.0. The topological polar surface area (TPSA) is 62.7 Å². The summed E-state index contributed by atoms with van der Waals surface area (Å²) in [4.78, 5) is 11.3. The van der Waals surface area contributed by atoms with Crippen molar-refractivity contribution in [3.05, 3.63) is 83.0 Å². The first-order valence-electron chi connectivity index (χ1n) is 17.7. The quantitative estimate of drug-likeness (QED) is 0.512. The summed E-state index contributed by atoms with van der Waals surface area (Å²) in [5, 5.41) is 20.5. The molecule has 232 valence electrons. The summed E-state index contributed by atoms with van der Waals surface area (Å²) in [6, 6.07) is 20.7. The largest absolute Gasteiger partial charge is 0.392 e. The second-order valence-corrected chi connectivity index (χ2v) is 16.0. The Bertz CT molecular complexity index is 1600. The average molecular weight is 603 g/mol. The molecule has 45 heavy (non-hydrogen) atoms. The number of ether oxygens (including phenoxy) is 1. The molecule has 6 saturated heterocycles. The Kier molecular flexibility index (Phi) is 4.65. The fourth-order valence-electron chi connectivity index (χ4n) is 14.3. The van der Waals surface area contributed by atoms with Crippen LogP contribution in [0.3, 0.4) is 0 Å². The van der Waals surface area contributed by atoms with E-state index in [1.54, 1.807) is 11.1 Å². The molecule has 0 aromatic heterocycles. The molecule has 0 radical (unpaired) electrons. The predicted molar refractivity (Wildman–Crippen MR) is 171 cm³/mol. The molecule has 0 unspecified atom stereocenters. The summed E-state index contributed by atoms with van der Waals surface area (Å²) in [6.45, 7) is 4.47. The molecule has 8 heterocycles. The van der Waals surface area contributed by atoms with Gasteiger partial charge in [-0.1, -0.05) is 59.7 Å². The molecule has 7 nitrogen and oxygen atoms in total. The maximum atomic E-state index is 10.3. The molecule has 2 aromatic rings. The van der Waals surface area contributed by atoms with E-state index in [1.165, 1.54) is 35.4 Å². The van der Waals surface area contributed by atoms with Crippen molar-refractivity contribution in [3.8, 4) is 0 Å². The SMILES string of the molecule is OC/C=C1\CN2CC[C@]34c5ccccc5N5[C@@H]6O[C@H]([C@H]([C@H]53)[C@H]1C[C@H]24)N1c2ccccc2[C@]23CCN4C/C(=C\CO)[C@H](C[C@H]42)[C@H]6[C@H]13. The van der Waals surface area contributed by atoms with Crippen LogP contribution in [0.25, 0.3) is 0 Å². The van der Waals surface area contributed by atoms with Crippen molar-refractivity contribution in [1.29, 1.82) is 0 Å². The third-order valence-electron chi connectivity index (χ3n) is 15.2. The van der Waals surface area contributed by atoms with Crippen molar-refractivity contribution in [3.63, 3.8) is 0 Å². The van der Waals surface area contributed by atoms with Gasteiger partial charge in [-0.15, -0.1) is 0 Å². The molecule has 12 atom stereocenters. The van der Waals surface area contributed by atoms with E-state index in [1.807, 2.05) is 0 Å². The van der Waals surface area contributed by atoms with Gasteiger partial charge in [0.1, 0.15) is 12.5 Å². The number of benzene rings is 2. The molecular formula is C38H42N4O3. The Balaban J connectivity index is 1.15. The molecule has 6 bridgehead atoms. The van der Waals surface area contributed by atoms with E-state index >= 15 is 0 Å². The standard InChI is InChI=1S/C38H42N4O3/c43-15-9-21-19-39-13-11-37-25-5-1-3-7-27(25)41-33(37)31(23(21)17-29(37)39)36-42-28-8-4-2-6-26(28)38-12-14-40-20-22(10-16-44)24(18-30(38)40)32(34(38)42)35(41)45-36/h1-10,23-24,29-36,43-44H,11-20H2/b21-9+,22-10+/t23-,24-,29-,30-,31-,32-,33-,34-,35+,36+,37+,38+/m0/s1. The fraction of sp³-hybridized carbons (Fsp3) is 0.579. The van der Waals surface area contributed by atoms with Crippen molar-refractivity contribution in [2.45, 2.75) is 73.1 Å². The molecule has 10 aliphatic rings. The maximum Gasteiger partial charge on any atom is 0.138 e. The molecule has 2 N–H and O–H groups in total. The highest BCUT2D eigenvalue weighted by atomic mass is 16.5. The van der Waals surface area contributed by atoms with Crippen LogP contribution in [0, 0.1) is 23.7 Å². The van der Waals surface area contributed by atoms with Crippen LogP contribution in [0.4, 0.5) is 11.4 Å². The summed E-state index contributed by atoms with van der Waals surface area (Å²) < 4.78 is 7.72. The summed E-state index contributed by atoms with van der Waals surface area (Å²) in [6.07, 6.45) is 9.08. The van der Waals surface area contributed by atoms with Gasteiger partial charge < -0.3 is 24.7 Å². The Hall–Kier alpha value is -2.68. The van der Waals surface area contributed by atoms with Crippen LogP contribution in [-0.2, 0) is 15.6 Å². The van der Waals surface area contributed by atoms with Crippen molar-refractivity contribution in [2.24, 2.45) is 23.7 Å². The number of piperidine rings is 2. The van der Waals surface area contributed by atoms with E-state index in [0.29, 0.717) is 47.8 Å². The minimum Gasteiger partial charge on any atom is -0.392 e. The van der Waals surface area contributed by atoms with Crippen LogP contribution in [0.1, 0.15) is 36.8 Å². The Labute approximate surface area is 264 Å². The van der Waals surface area contributed by atoms with Crippen molar-refractivity contribution < 1.29 is 14.9 Å². The first-order chi connectivity index (χ1) is 22.2. The van der Waals surface area contributed by atoms with Crippen LogP contribution < -0.4 is 9.80 Å². The van der Waals surface area contributed by atoms with Gasteiger partial charge in [0.25, 0.3) is 0 Å². The molecule has 2 saturated carbocycles. The number of nitrogens with zero attached hydrogens (tertiary/aromatic N) is 4. The summed E-state index contributed by atoms with van der Waals surface area (Å²) in [5.41, 5.74) is 9.11. The zero-order valence-electron chi connectivity index (χ0n) is 25.7. The van der Waals surface area contributed by atoms with Gasteiger partial charge in [-0.25, -0.2) is 0 Å². The number of hydrogen-bond acceptors (Lipinski definition) is 7.